The van der Waals surface area contributed by atoms with E-state index in [1.807, 2.05) is 6.92 Å². The predicted octanol–water partition coefficient (Wildman–Crippen LogP) is 3.35. The molecule has 110 valence electrons. The van der Waals surface area contributed by atoms with Crippen LogP contribution in [-0.4, -0.2) is 14.1 Å². The Kier molecular flexibility index (Phi) is 4.65. The number of nitrogens with one attached hydrogen (secondary N) is 1. The highest BCUT2D eigenvalue weighted by Gasteiger charge is 2.12. The number of hydrazone groups is 1. The monoisotopic (exact) mass is 322 g/mol. The van der Waals surface area contributed by atoms with Crippen LogP contribution in [0.3, 0.4) is 0 Å². The molecule has 1 N–H and O–H groups in total. The lowest BCUT2D eigenvalue weighted by Crippen LogP contribution is -2.19. The van der Waals surface area contributed by atoms with Crippen molar-refractivity contribution in [2.24, 2.45) is 5.10 Å². The first kappa shape index (κ1) is 15.5. The van der Waals surface area contributed by atoms with Crippen LogP contribution in [0.2, 0.25) is 5.02 Å². The fraction of sp³-hybridized carbons (Fsp3) is 0.133. The summed E-state index contributed by atoms with van der Waals surface area (Å²) in [6, 6.07) is 13.6. The van der Waals surface area contributed by atoms with Gasteiger partial charge in [0.1, 0.15) is 0 Å². The van der Waals surface area contributed by atoms with Crippen molar-refractivity contribution >= 4 is 27.3 Å². The molecule has 0 saturated heterocycles. The second-order valence-electron chi connectivity index (χ2n) is 4.61. The van der Waals surface area contributed by atoms with E-state index in [-0.39, 0.29) is 4.90 Å². The van der Waals surface area contributed by atoms with E-state index in [2.05, 4.69) is 9.93 Å². The Labute approximate surface area is 129 Å². The van der Waals surface area contributed by atoms with E-state index in [1.165, 1.54) is 0 Å². The quantitative estimate of drug-likeness (QED) is 0.693. The maximum Gasteiger partial charge on any atom is 0.276 e. The van der Waals surface area contributed by atoms with Crippen LogP contribution < -0.4 is 4.83 Å². The second-order valence-corrected chi connectivity index (χ2v) is 6.71. The van der Waals surface area contributed by atoms with Gasteiger partial charge in [-0.3, -0.25) is 0 Å². The Morgan fingerprint density at radius 1 is 1.05 bits per heavy atom. The number of hydrogen-bond acceptors (Lipinski definition) is 3. The second kappa shape index (κ2) is 6.28. The van der Waals surface area contributed by atoms with Gasteiger partial charge in [0, 0.05) is 5.02 Å². The minimum Gasteiger partial charge on any atom is -0.200 e. The molecular formula is C15H15ClN2O2S. The molecule has 0 aliphatic heterocycles. The fourth-order valence-corrected chi connectivity index (χ4v) is 2.64. The molecule has 0 bridgehead atoms. The molecule has 0 aromatic heterocycles. The summed E-state index contributed by atoms with van der Waals surface area (Å²) in [5.74, 6) is 0. The van der Waals surface area contributed by atoms with Crippen LogP contribution in [-0.2, 0) is 10.0 Å². The van der Waals surface area contributed by atoms with Crippen molar-refractivity contribution in [1.29, 1.82) is 0 Å². The number of aryl methyl sites for hydroxylation is 1. The molecule has 0 aliphatic rings. The summed E-state index contributed by atoms with van der Waals surface area (Å²) in [7, 11) is -3.65. The Bertz CT molecular complexity index is 751. The van der Waals surface area contributed by atoms with Gasteiger partial charge in [0.15, 0.2) is 0 Å². The van der Waals surface area contributed by atoms with Crippen molar-refractivity contribution in [2.45, 2.75) is 18.7 Å². The van der Waals surface area contributed by atoms with Crippen molar-refractivity contribution in [3.63, 3.8) is 0 Å². The third kappa shape index (κ3) is 4.06. The van der Waals surface area contributed by atoms with Gasteiger partial charge >= 0.3 is 0 Å². The molecular weight excluding hydrogens is 308 g/mol. The zero-order chi connectivity index (χ0) is 15.5. The molecule has 6 heteroatoms. The number of nitrogens with zero attached hydrogens (tertiary/aromatic N) is 1. The number of rotatable bonds is 4. The van der Waals surface area contributed by atoms with Crippen LogP contribution in [0.5, 0.6) is 0 Å². The SMILES string of the molecule is C/C(=N\NS(=O)(=O)c1ccc(C)cc1)c1ccc(Cl)cc1. The van der Waals surface area contributed by atoms with Gasteiger partial charge in [-0.2, -0.15) is 18.4 Å². The highest BCUT2D eigenvalue weighted by molar-refractivity contribution is 7.89. The van der Waals surface area contributed by atoms with Gasteiger partial charge in [-0.1, -0.05) is 41.4 Å². The molecule has 2 aromatic carbocycles. The largest absolute Gasteiger partial charge is 0.276 e. The summed E-state index contributed by atoms with van der Waals surface area (Å²) in [4.78, 5) is 2.42. The van der Waals surface area contributed by atoms with Crippen LogP contribution in [0.25, 0.3) is 0 Å². The lowest BCUT2D eigenvalue weighted by Gasteiger charge is -2.06. The van der Waals surface area contributed by atoms with Crippen LogP contribution in [0.1, 0.15) is 18.1 Å². The van der Waals surface area contributed by atoms with Crippen molar-refractivity contribution in [2.75, 3.05) is 0 Å². The van der Waals surface area contributed by atoms with E-state index >= 15 is 0 Å². The summed E-state index contributed by atoms with van der Waals surface area (Å²) < 4.78 is 24.2. The van der Waals surface area contributed by atoms with Crippen LogP contribution in [0, 0.1) is 6.92 Å². The molecule has 0 fully saturated rings. The van der Waals surface area contributed by atoms with E-state index in [0.29, 0.717) is 10.7 Å². The first-order chi connectivity index (χ1) is 9.88. The van der Waals surface area contributed by atoms with Crippen LogP contribution in [0.4, 0.5) is 0 Å². The average Bonchev–Trinajstić information content (AvgIpc) is 2.46. The smallest absolute Gasteiger partial charge is 0.200 e. The first-order valence-corrected chi connectivity index (χ1v) is 8.13. The van der Waals surface area contributed by atoms with Gasteiger partial charge in [-0.15, -0.1) is 0 Å². The summed E-state index contributed by atoms with van der Waals surface area (Å²) in [5, 5.41) is 4.55. The third-order valence-electron chi connectivity index (χ3n) is 2.93. The van der Waals surface area contributed by atoms with Gasteiger partial charge in [-0.05, 0) is 43.7 Å². The molecule has 2 aromatic rings. The average molecular weight is 323 g/mol. The number of halogens is 1. The molecule has 0 amide bonds. The van der Waals surface area contributed by atoms with Crippen molar-refractivity contribution < 1.29 is 8.42 Å². The van der Waals surface area contributed by atoms with Gasteiger partial charge in [0.05, 0.1) is 10.6 Å². The van der Waals surface area contributed by atoms with Crippen molar-refractivity contribution in [3.05, 3.63) is 64.7 Å². The molecule has 0 spiro atoms. The van der Waals surface area contributed by atoms with E-state index in [1.54, 1.807) is 55.5 Å². The highest BCUT2D eigenvalue weighted by Crippen LogP contribution is 2.12. The summed E-state index contributed by atoms with van der Waals surface area (Å²) in [6.45, 7) is 3.62. The zero-order valence-corrected chi connectivity index (χ0v) is 13.2. The predicted molar refractivity (Wildman–Crippen MR) is 85.2 cm³/mol. The maximum atomic E-state index is 12.1. The van der Waals surface area contributed by atoms with Crippen LogP contribution in [0.15, 0.2) is 58.5 Å². The molecule has 2 rings (SSSR count). The molecule has 0 heterocycles. The number of sulfonamides is 1. The Hall–Kier alpha value is -1.85. The molecule has 0 atom stereocenters. The van der Waals surface area contributed by atoms with Gasteiger partial charge < -0.3 is 0 Å². The van der Waals surface area contributed by atoms with Gasteiger partial charge in [-0.25, -0.2) is 0 Å². The lowest BCUT2D eigenvalue weighted by atomic mass is 10.1. The minimum absolute atomic E-state index is 0.181. The van der Waals surface area contributed by atoms with E-state index < -0.39 is 10.0 Å². The molecule has 4 nitrogen and oxygen atoms in total. The van der Waals surface area contributed by atoms with Gasteiger partial charge in [0.25, 0.3) is 10.0 Å². The van der Waals surface area contributed by atoms with E-state index in [0.717, 1.165) is 11.1 Å². The summed E-state index contributed by atoms with van der Waals surface area (Å²) >= 11 is 5.81. The standard InChI is InChI=1S/C15H15ClN2O2S/c1-11-3-9-15(10-4-11)21(19,20)18-17-12(2)13-5-7-14(16)8-6-13/h3-10,18H,1-2H3/b17-12+. The number of hydrogen-bond donors (Lipinski definition) is 1. The molecule has 21 heavy (non-hydrogen) atoms. The zero-order valence-electron chi connectivity index (χ0n) is 11.7. The lowest BCUT2D eigenvalue weighted by molar-refractivity contribution is 0.584. The Balaban J connectivity index is 2.18. The van der Waals surface area contributed by atoms with Crippen LogP contribution >= 0.6 is 11.6 Å². The summed E-state index contributed by atoms with van der Waals surface area (Å²) in [6.07, 6.45) is 0. The Morgan fingerprint density at radius 3 is 2.19 bits per heavy atom. The molecule has 0 unspecified atom stereocenters. The van der Waals surface area contributed by atoms with E-state index in [4.69, 9.17) is 11.6 Å². The summed E-state index contributed by atoms with van der Waals surface area (Å²) in [5.41, 5.74) is 2.35. The van der Waals surface area contributed by atoms with Gasteiger partial charge in [0.2, 0.25) is 0 Å². The maximum absolute atomic E-state index is 12.1. The topological polar surface area (TPSA) is 58.5 Å². The van der Waals surface area contributed by atoms with E-state index in [9.17, 15) is 8.42 Å². The molecule has 0 aliphatic carbocycles. The fourth-order valence-electron chi connectivity index (χ4n) is 1.65. The first-order valence-electron chi connectivity index (χ1n) is 6.27. The highest BCUT2D eigenvalue weighted by atomic mass is 35.5. The van der Waals surface area contributed by atoms with Crippen molar-refractivity contribution in [3.8, 4) is 0 Å². The third-order valence-corrected chi connectivity index (χ3v) is 4.40. The molecule has 0 radical (unpaired) electrons. The number of benzene rings is 2. The normalized spacial score (nSPS) is 12.2. The Morgan fingerprint density at radius 2 is 1.62 bits per heavy atom. The van der Waals surface area contributed by atoms with Crippen molar-refractivity contribution in [1.82, 2.24) is 4.83 Å². The minimum atomic E-state index is -3.65. The molecule has 0 saturated carbocycles.